The number of rotatable bonds is 3. The van der Waals surface area contributed by atoms with Crippen LogP contribution < -0.4 is 0 Å². The fourth-order valence-electron chi connectivity index (χ4n) is 1.58. The number of hydrogen-bond acceptors (Lipinski definition) is 1. The number of halogens is 2. The summed E-state index contributed by atoms with van der Waals surface area (Å²) in [5, 5.41) is 1.90. The van der Waals surface area contributed by atoms with Crippen LogP contribution in [0.2, 0.25) is 5.02 Å². The van der Waals surface area contributed by atoms with E-state index in [4.69, 9.17) is 11.6 Å². The smallest absolute Gasteiger partial charge is 0.0451 e. The van der Waals surface area contributed by atoms with E-state index in [9.17, 15) is 0 Å². The van der Waals surface area contributed by atoms with Crippen LogP contribution in [0.25, 0.3) is 0 Å². The van der Waals surface area contributed by atoms with Crippen molar-refractivity contribution in [3.05, 3.63) is 34.9 Å². The highest BCUT2D eigenvalue weighted by molar-refractivity contribution is 9.09. The maximum atomic E-state index is 6.09. The molecule has 0 saturated carbocycles. The van der Waals surface area contributed by atoms with Crippen molar-refractivity contribution >= 4 is 27.5 Å². The third-order valence-corrected chi connectivity index (χ3v) is 4.38. The molecule has 0 aliphatic carbocycles. The molecule has 1 heterocycles. The van der Waals surface area contributed by atoms with Crippen molar-refractivity contribution in [2.45, 2.75) is 19.0 Å². The van der Waals surface area contributed by atoms with Gasteiger partial charge in [-0.05, 0) is 18.6 Å². The van der Waals surface area contributed by atoms with E-state index < -0.39 is 0 Å². The Morgan fingerprint density at radius 2 is 2.21 bits per heavy atom. The summed E-state index contributed by atoms with van der Waals surface area (Å²) >= 11 is 9.62. The Labute approximate surface area is 98.2 Å². The normalized spacial score (nSPS) is 30.4. The molecule has 2 rings (SSSR count). The number of benzene rings is 1. The van der Waals surface area contributed by atoms with Crippen LogP contribution in [0.4, 0.5) is 0 Å². The largest absolute Gasteiger partial charge is 0.290 e. The molecule has 0 spiro atoms. The van der Waals surface area contributed by atoms with Gasteiger partial charge in [-0.2, -0.15) is 0 Å². The molecule has 1 saturated heterocycles. The molecule has 0 bridgehead atoms. The van der Waals surface area contributed by atoms with Gasteiger partial charge < -0.3 is 0 Å². The topological polar surface area (TPSA) is 3.01 Å². The minimum absolute atomic E-state index is 0.346. The lowest BCUT2D eigenvalue weighted by molar-refractivity contribution is 0.447. The Morgan fingerprint density at radius 1 is 1.50 bits per heavy atom. The molecule has 0 amide bonds. The van der Waals surface area contributed by atoms with Crippen molar-refractivity contribution in [2.24, 2.45) is 0 Å². The zero-order valence-electron chi connectivity index (χ0n) is 8.13. The molecule has 3 heteroatoms. The molecule has 0 radical (unpaired) electrons. The van der Waals surface area contributed by atoms with Gasteiger partial charge in [-0.15, -0.1) is 0 Å². The summed E-state index contributed by atoms with van der Waals surface area (Å²) in [5.41, 5.74) is 1.57. The summed E-state index contributed by atoms with van der Waals surface area (Å²) in [4.78, 5) is 2.42. The lowest BCUT2D eigenvalue weighted by atomic mass is 10.2. The van der Waals surface area contributed by atoms with Crippen LogP contribution in [0.5, 0.6) is 0 Å². The van der Waals surface area contributed by atoms with Gasteiger partial charge in [0.1, 0.15) is 0 Å². The third kappa shape index (κ3) is 1.97. The SMILES string of the molecule is CC1(CBr)CN1Cc1ccccc1Cl. The van der Waals surface area contributed by atoms with E-state index in [0.29, 0.717) is 5.54 Å². The summed E-state index contributed by atoms with van der Waals surface area (Å²) in [6, 6.07) is 8.05. The number of hydrogen-bond donors (Lipinski definition) is 0. The van der Waals surface area contributed by atoms with E-state index in [0.717, 1.165) is 23.4 Å². The van der Waals surface area contributed by atoms with Crippen LogP contribution in [0.15, 0.2) is 24.3 Å². The van der Waals surface area contributed by atoms with Gasteiger partial charge >= 0.3 is 0 Å². The molecule has 76 valence electrons. The van der Waals surface area contributed by atoms with Gasteiger partial charge in [0, 0.05) is 29.0 Å². The first-order chi connectivity index (χ1) is 6.65. The molecule has 1 nitrogen and oxygen atoms in total. The Hall–Kier alpha value is -0.0500. The van der Waals surface area contributed by atoms with Crippen LogP contribution in [0, 0.1) is 0 Å². The second-order valence-corrected chi connectivity index (χ2v) is 5.05. The first-order valence-electron chi connectivity index (χ1n) is 4.70. The Bertz CT molecular complexity index is 342. The highest BCUT2D eigenvalue weighted by atomic mass is 79.9. The van der Waals surface area contributed by atoms with Crippen molar-refractivity contribution in [1.29, 1.82) is 0 Å². The lowest BCUT2D eigenvalue weighted by Crippen LogP contribution is -2.15. The minimum atomic E-state index is 0.346. The van der Waals surface area contributed by atoms with E-state index in [2.05, 4.69) is 33.8 Å². The summed E-state index contributed by atoms with van der Waals surface area (Å²) in [6.45, 7) is 4.38. The van der Waals surface area contributed by atoms with Crippen LogP contribution in [-0.4, -0.2) is 22.3 Å². The fraction of sp³-hybridized carbons (Fsp3) is 0.455. The molecule has 1 aromatic carbocycles. The van der Waals surface area contributed by atoms with Gasteiger partial charge in [0.25, 0.3) is 0 Å². The average molecular weight is 275 g/mol. The van der Waals surface area contributed by atoms with Crippen LogP contribution in [-0.2, 0) is 6.54 Å². The molecule has 1 aromatic rings. The summed E-state index contributed by atoms with van der Waals surface area (Å²) in [5.74, 6) is 0. The predicted molar refractivity (Wildman–Crippen MR) is 64.1 cm³/mol. The molecule has 1 fully saturated rings. The van der Waals surface area contributed by atoms with Gasteiger partial charge in [-0.3, -0.25) is 4.90 Å². The van der Waals surface area contributed by atoms with Gasteiger partial charge in [0.2, 0.25) is 0 Å². The monoisotopic (exact) mass is 273 g/mol. The van der Waals surface area contributed by atoms with E-state index in [1.807, 2.05) is 18.2 Å². The van der Waals surface area contributed by atoms with Gasteiger partial charge in [0.05, 0.1) is 0 Å². The molecule has 0 N–H and O–H groups in total. The quantitative estimate of drug-likeness (QED) is 0.604. The Morgan fingerprint density at radius 3 is 2.79 bits per heavy atom. The van der Waals surface area contributed by atoms with Crippen molar-refractivity contribution in [2.75, 3.05) is 11.9 Å². The molecule has 1 aliphatic heterocycles. The molecule has 1 aliphatic rings. The molecular weight excluding hydrogens is 261 g/mol. The third-order valence-electron chi connectivity index (χ3n) is 2.80. The van der Waals surface area contributed by atoms with Gasteiger partial charge in [0.15, 0.2) is 0 Å². The highest BCUT2D eigenvalue weighted by Gasteiger charge is 2.46. The van der Waals surface area contributed by atoms with Crippen molar-refractivity contribution in [3.8, 4) is 0 Å². The van der Waals surface area contributed by atoms with Crippen LogP contribution in [0.3, 0.4) is 0 Å². The highest BCUT2D eigenvalue weighted by Crippen LogP contribution is 2.36. The maximum Gasteiger partial charge on any atom is 0.0451 e. The first kappa shape index (κ1) is 10.5. The second-order valence-electron chi connectivity index (χ2n) is 4.08. The van der Waals surface area contributed by atoms with Crippen LogP contribution >= 0.6 is 27.5 Å². The molecule has 2 unspecified atom stereocenters. The minimum Gasteiger partial charge on any atom is -0.290 e. The Kier molecular flexibility index (Phi) is 2.87. The average Bonchev–Trinajstić information content (AvgIpc) is 2.82. The summed E-state index contributed by atoms with van der Waals surface area (Å²) in [7, 11) is 0. The summed E-state index contributed by atoms with van der Waals surface area (Å²) in [6.07, 6.45) is 0. The molecule has 14 heavy (non-hydrogen) atoms. The zero-order chi connectivity index (χ0) is 10.2. The van der Waals surface area contributed by atoms with Crippen LogP contribution in [0.1, 0.15) is 12.5 Å². The molecular formula is C11H13BrClN. The van der Waals surface area contributed by atoms with Gasteiger partial charge in [-0.1, -0.05) is 45.7 Å². The van der Waals surface area contributed by atoms with Gasteiger partial charge in [-0.25, -0.2) is 0 Å². The van der Waals surface area contributed by atoms with E-state index in [1.165, 1.54) is 5.56 Å². The summed E-state index contributed by atoms with van der Waals surface area (Å²) < 4.78 is 0. The zero-order valence-corrected chi connectivity index (χ0v) is 10.5. The van der Waals surface area contributed by atoms with Crippen molar-refractivity contribution in [1.82, 2.24) is 4.90 Å². The first-order valence-corrected chi connectivity index (χ1v) is 6.20. The molecule has 0 aromatic heterocycles. The fourth-order valence-corrected chi connectivity index (χ4v) is 2.31. The van der Waals surface area contributed by atoms with E-state index >= 15 is 0 Å². The lowest BCUT2D eigenvalue weighted by Gasteiger charge is -2.09. The predicted octanol–water partition coefficient (Wildman–Crippen LogP) is 3.31. The Balaban J connectivity index is 2.04. The second kappa shape index (κ2) is 3.84. The maximum absolute atomic E-state index is 6.09. The number of nitrogens with zero attached hydrogens (tertiary/aromatic N) is 1. The van der Waals surface area contributed by atoms with Crippen molar-refractivity contribution < 1.29 is 0 Å². The number of alkyl halides is 1. The van der Waals surface area contributed by atoms with E-state index in [1.54, 1.807) is 0 Å². The standard InChI is InChI=1S/C11H13BrClN/c1-11(7-12)8-14(11)6-9-4-2-3-5-10(9)13/h2-5H,6-8H2,1H3. The van der Waals surface area contributed by atoms with E-state index in [-0.39, 0.29) is 0 Å². The van der Waals surface area contributed by atoms with Crippen molar-refractivity contribution in [3.63, 3.8) is 0 Å². The molecule has 2 atom stereocenters.